The lowest BCUT2D eigenvalue weighted by Gasteiger charge is -2.13. The number of rotatable bonds is 2. The third-order valence-electron chi connectivity index (χ3n) is 2.13. The van der Waals surface area contributed by atoms with Gasteiger partial charge in [0.15, 0.2) is 9.84 Å². The van der Waals surface area contributed by atoms with Gasteiger partial charge >= 0.3 is 0 Å². The molecule has 1 aromatic heterocycles. The van der Waals surface area contributed by atoms with Crippen LogP contribution in [0.4, 0.5) is 0 Å². The summed E-state index contributed by atoms with van der Waals surface area (Å²) in [7, 11) is -3.14. The van der Waals surface area contributed by atoms with Gasteiger partial charge in [0.1, 0.15) is 0 Å². The number of pyridine rings is 1. The maximum Gasteiger partial charge on any atom is 0.175 e. The molecule has 0 spiro atoms. The van der Waals surface area contributed by atoms with Gasteiger partial charge in [-0.1, -0.05) is 13.8 Å². The van der Waals surface area contributed by atoms with Crippen LogP contribution >= 0.6 is 0 Å². The minimum absolute atomic E-state index is 0.174. The van der Waals surface area contributed by atoms with Crippen LogP contribution in [-0.2, 0) is 9.84 Å². The molecule has 1 rings (SSSR count). The maximum atomic E-state index is 11.5. The van der Waals surface area contributed by atoms with E-state index in [1.165, 1.54) is 12.5 Å². The van der Waals surface area contributed by atoms with Crippen molar-refractivity contribution in [2.45, 2.75) is 31.6 Å². The molecule has 1 heterocycles. The lowest BCUT2D eigenvalue weighted by molar-refractivity contribution is 0.599. The highest BCUT2D eigenvalue weighted by Crippen LogP contribution is 2.25. The fourth-order valence-corrected chi connectivity index (χ4v) is 2.67. The van der Waals surface area contributed by atoms with Crippen LogP contribution < -0.4 is 0 Å². The smallest absolute Gasteiger partial charge is 0.175 e. The summed E-state index contributed by atoms with van der Waals surface area (Å²) >= 11 is 0. The fraction of sp³-hybridized carbons (Fsp3) is 0.500. The molecule has 0 fully saturated rings. The molecule has 0 atom stereocenters. The Balaban J connectivity index is 3.52. The number of aryl methyl sites for hydroxylation is 1. The van der Waals surface area contributed by atoms with Crippen LogP contribution in [0.1, 0.15) is 31.0 Å². The Labute approximate surface area is 85.1 Å². The van der Waals surface area contributed by atoms with Crippen molar-refractivity contribution >= 4 is 9.84 Å². The normalized spacial score (nSPS) is 12.1. The molecule has 0 aliphatic carbocycles. The number of aromatic nitrogens is 1. The highest BCUT2D eigenvalue weighted by molar-refractivity contribution is 7.90. The van der Waals surface area contributed by atoms with Crippen molar-refractivity contribution in [3.8, 4) is 0 Å². The lowest BCUT2D eigenvalue weighted by Crippen LogP contribution is -2.06. The van der Waals surface area contributed by atoms with Gasteiger partial charge in [-0.2, -0.15) is 0 Å². The van der Waals surface area contributed by atoms with Crippen LogP contribution in [0, 0.1) is 6.92 Å². The lowest BCUT2D eigenvalue weighted by atomic mass is 10.0. The van der Waals surface area contributed by atoms with E-state index >= 15 is 0 Å². The average molecular weight is 213 g/mol. The molecule has 14 heavy (non-hydrogen) atoms. The second-order valence-corrected chi connectivity index (χ2v) is 5.72. The SMILES string of the molecule is Cc1nccc(S(C)(=O)=O)c1C(C)C. The first-order chi connectivity index (χ1) is 6.34. The predicted octanol–water partition coefficient (Wildman–Crippen LogP) is 1.92. The summed E-state index contributed by atoms with van der Waals surface area (Å²) < 4.78 is 23.0. The maximum absolute atomic E-state index is 11.5. The van der Waals surface area contributed by atoms with E-state index in [2.05, 4.69) is 4.98 Å². The molecule has 0 N–H and O–H groups in total. The molecule has 0 radical (unpaired) electrons. The third kappa shape index (κ3) is 2.12. The molecule has 0 bridgehead atoms. The zero-order valence-corrected chi connectivity index (χ0v) is 9.72. The van der Waals surface area contributed by atoms with E-state index < -0.39 is 9.84 Å². The van der Waals surface area contributed by atoms with E-state index in [-0.39, 0.29) is 5.92 Å². The van der Waals surface area contributed by atoms with Gasteiger partial charge in [-0.3, -0.25) is 4.98 Å². The van der Waals surface area contributed by atoms with Gasteiger partial charge in [0.25, 0.3) is 0 Å². The molecule has 1 aromatic rings. The van der Waals surface area contributed by atoms with Crippen LogP contribution in [0.5, 0.6) is 0 Å². The average Bonchev–Trinajstić information content (AvgIpc) is 2.01. The molecule has 0 aliphatic heterocycles. The van der Waals surface area contributed by atoms with E-state index in [4.69, 9.17) is 0 Å². The minimum atomic E-state index is -3.14. The van der Waals surface area contributed by atoms with E-state index in [9.17, 15) is 8.42 Å². The molecule has 3 nitrogen and oxygen atoms in total. The highest BCUT2D eigenvalue weighted by Gasteiger charge is 2.17. The summed E-state index contributed by atoms with van der Waals surface area (Å²) in [5, 5.41) is 0. The van der Waals surface area contributed by atoms with E-state index in [0.717, 1.165) is 11.3 Å². The first-order valence-corrected chi connectivity index (χ1v) is 6.38. The van der Waals surface area contributed by atoms with Crippen molar-refractivity contribution in [2.75, 3.05) is 6.26 Å². The van der Waals surface area contributed by atoms with Gasteiger partial charge < -0.3 is 0 Å². The molecular weight excluding hydrogens is 198 g/mol. The Morgan fingerprint density at radius 3 is 2.29 bits per heavy atom. The van der Waals surface area contributed by atoms with Gasteiger partial charge in [-0.25, -0.2) is 8.42 Å². The Bertz CT molecular complexity index is 435. The number of nitrogens with zero attached hydrogens (tertiary/aromatic N) is 1. The van der Waals surface area contributed by atoms with Gasteiger partial charge in [0.05, 0.1) is 4.90 Å². The van der Waals surface area contributed by atoms with Crippen molar-refractivity contribution in [3.05, 3.63) is 23.5 Å². The molecule has 0 aliphatic rings. The number of sulfone groups is 1. The quantitative estimate of drug-likeness (QED) is 0.754. The summed E-state index contributed by atoms with van der Waals surface area (Å²) in [5.41, 5.74) is 1.62. The van der Waals surface area contributed by atoms with Crippen molar-refractivity contribution in [1.29, 1.82) is 0 Å². The summed E-state index contributed by atoms with van der Waals surface area (Å²) in [6.45, 7) is 5.78. The standard InChI is InChI=1S/C10H15NO2S/c1-7(2)10-8(3)11-6-5-9(10)14(4,12)13/h5-7H,1-4H3. The summed E-state index contributed by atoms with van der Waals surface area (Å²) in [4.78, 5) is 4.51. The van der Waals surface area contributed by atoms with E-state index in [0.29, 0.717) is 4.90 Å². The van der Waals surface area contributed by atoms with Gasteiger partial charge in [0, 0.05) is 18.1 Å². The topological polar surface area (TPSA) is 47.0 Å². The monoisotopic (exact) mass is 213 g/mol. The second-order valence-electron chi connectivity index (χ2n) is 3.74. The minimum Gasteiger partial charge on any atom is -0.261 e. The number of hydrogen-bond acceptors (Lipinski definition) is 3. The van der Waals surface area contributed by atoms with Crippen molar-refractivity contribution in [3.63, 3.8) is 0 Å². The van der Waals surface area contributed by atoms with Crippen LogP contribution in [0.2, 0.25) is 0 Å². The second kappa shape index (κ2) is 3.69. The Morgan fingerprint density at radius 2 is 1.93 bits per heavy atom. The van der Waals surface area contributed by atoms with Crippen LogP contribution in [0.15, 0.2) is 17.2 Å². The summed E-state index contributed by atoms with van der Waals surface area (Å²) in [6, 6.07) is 1.57. The van der Waals surface area contributed by atoms with E-state index in [1.807, 2.05) is 20.8 Å². The van der Waals surface area contributed by atoms with Crippen molar-refractivity contribution < 1.29 is 8.42 Å². The van der Waals surface area contributed by atoms with Gasteiger partial charge in [-0.15, -0.1) is 0 Å². The Morgan fingerprint density at radius 1 is 1.36 bits per heavy atom. The number of hydrogen-bond donors (Lipinski definition) is 0. The first-order valence-electron chi connectivity index (χ1n) is 4.49. The first kappa shape index (κ1) is 11.2. The molecule has 0 saturated heterocycles. The largest absolute Gasteiger partial charge is 0.261 e. The zero-order valence-electron chi connectivity index (χ0n) is 8.90. The van der Waals surface area contributed by atoms with Gasteiger partial charge in [0.2, 0.25) is 0 Å². The Kier molecular flexibility index (Phi) is 2.95. The highest BCUT2D eigenvalue weighted by atomic mass is 32.2. The van der Waals surface area contributed by atoms with Gasteiger partial charge in [-0.05, 0) is 24.5 Å². The summed E-state index contributed by atoms with van der Waals surface area (Å²) in [6.07, 6.45) is 2.77. The molecular formula is C10H15NO2S. The summed E-state index contributed by atoms with van der Waals surface area (Å²) in [5.74, 6) is 0.174. The molecule has 78 valence electrons. The Hall–Kier alpha value is -0.900. The molecule has 0 aromatic carbocycles. The molecule has 4 heteroatoms. The van der Waals surface area contributed by atoms with Crippen molar-refractivity contribution in [2.24, 2.45) is 0 Å². The molecule has 0 saturated carbocycles. The molecule has 0 unspecified atom stereocenters. The van der Waals surface area contributed by atoms with E-state index in [1.54, 1.807) is 6.07 Å². The fourth-order valence-electron chi connectivity index (χ4n) is 1.58. The van der Waals surface area contributed by atoms with Crippen LogP contribution in [0.25, 0.3) is 0 Å². The molecule has 0 amide bonds. The zero-order chi connectivity index (χ0) is 10.9. The van der Waals surface area contributed by atoms with Crippen molar-refractivity contribution in [1.82, 2.24) is 4.98 Å². The third-order valence-corrected chi connectivity index (χ3v) is 3.28. The predicted molar refractivity (Wildman–Crippen MR) is 56.2 cm³/mol. The van der Waals surface area contributed by atoms with Crippen LogP contribution in [0.3, 0.4) is 0 Å². The van der Waals surface area contributed by atoms with Crippen LogP contribution in [-0.4, -0.2) is 19.7 Å².